The number of nitrogens with zero attached hydrogens (tertiary/aromatic N) is 1. The molecule has 0 radical (unpaired) electrons. The fraction of sp³-hybridized carbons (Fsp3) is 0.316. The number of hydrogen-bond acceptors (Lipinski definition) is 2. The van der Waals surface area contributed by atoms with Crippen molar-refractivity contribution in [3.63, 3.8) is 0 Å². The van der Waals surface area contributed by atoms with E-state index in [4.69, 9.17) is 4.74 Å². The summed E-state index contributed by atoms with van der Waals surface area (Å²) in [6, 6.07) is 18.0. The van der Waals surface area contributed by atoms with Gasteiger partial charge in [0.2, 0.25) is 0 Å². The van der Waals surface area contributed by atoms with Crippen molar-refractivity contribution in [2.24, 2.45) is 0 Å². The first-order valence-electron chi connectivity index (χ1n) is 7.85. The Bertz CT molecular complexity index is 618. The predicted octanol–water partition coefficient (Wildman–Crippen LogP) is 3.89. The normalized spacial score (nSPS) is 13.7. The Hall–Kier alpha value is -2.29. The van der Waals surface area contributed by atoms with Gasteiger partial charge in [0, 0.05) is 18.2 Å². The number of carbonyl (C=O) groups excluding carboxylic acids is 1. The van der Waals surface area contributed by atoms with Gasteiger partial charge in [-0.05, 0) is 49.6 Å². The van der Waals surface area contributed by atoms with Crippen LogP contribution in [0, 0.1) is 0 Å². The minimum absolute atomic E-state index is 0.106. The molecule has 2 aromatic carbocycles. The van der Waals surface area contributed by atoms with E-state index in [0.717, 1.165) is 24.2 Å². The van der Waals surface area contributed by atoms with E-state index in [1.807, 2.05) is 54.3 Å². The van der Waals surface area contributed by atoms with Crippen molar-refractivity contribution in [1.82, 2.24) is 4.90 Å². The smallest absolute Gasteiger partial charge is 0.254 e. The second kappa shape index (κ2) is 6.65. The molecule has 0 saturated heterocycles. The van der Waals surface area contributed by atoms with Gasteiger partial charge in [-0.1, -0.05) is 30.3 Å². The summed E-state index contributed by atoms with van der Waals surface area (Å²) >= 11 is 0. The van der Waals surface area contributed by atoms with Crippen LogP contribution in [-0.2, 0) is 6.54 Å². The topological polar surface area (TPSA) is 29.5 Å². The average molecular weight is 295 g/mol. The second-order valence-corrected chi connectivity index (χ2v) is 5.61. The molecule has 0 bridgehead atoms. The van der Waals surface area contributed by atoms with Gasteiger partial charge >= 0.3 is 0 Å². The molecule has 0 unspecified atom stereocenters. The fourth-order valence-electron chi connectivity index (χ4n) is 2.56. The van der Waals surface area contributed by atoms with Crippen LogP contribution in [0.4, 0.5) is 0 Å². The molecule has 0 aliphatic heterocycles. The van der Waals surface area contributed by atoms with Gasteiger partial charge < -0.3 is 9.64 Å². The summed E-state index contributed by atoms with van der Waals surface area (Å²) in [6.45, 7) is 3.26. The third-order valence-corrected chi connectivity index (χ3v) is 3.86. The maximum absolute atomic E-state index is 12.8. The predicted molar refractivity (Wildman–Crippen MR) is 86.9 cm³/mol. The summed E-state index contributed by atoms with van der Waals surface area (Å²) in [6.07, 6.45) is 2.21. The lowest BCUT2D eigenvalue weighted by Crippen LogP contribution is -2.32. The molecule has 1 fully saturated rings. The number of rotatable bonds is 6. The van der Waals surface area contributed by atoms with Gasteiger partial charge in [0.05, 0.1) is 6.61 Å². The van der Waals surface area contributed by atoms with Crippen molar-refractivity contribution in [3.8, 4) is 5.75 Å². The molecule has 3 nitrogen and oxygen atoms in total. The van der Waals surface area contributed by atoms with Crippen molar-refractivity contribution in [2.75, 3.05) is 6.61 Å². The largest absolute Gasteiger partial charge is 0.494 e. The number of ether oxygens (including phenoxy) is 1. The standard InChI is InChI=1S/C19H21NO2/c1-2-22-18-12-8-16(9-13-18)19(21)20(17-10-11-17)14-15-6-4-3-5-7-15/h3-9,12-13,17H,2,10-11,14H2,1H3. The van der Waals surface area contributed by atoms with Crippen LogP contribution in [-0.4, -0.2) is 23.5 Å². The minimum Gasteiger partial charge on any atom is -0.494 e. The van der Waals surface area contributed by atoms with E-state index in [-0.39, 0.29) is 5.91 Å². The molecule has 22 heavy (non-hydrogen) atoms. The number of amides is 1. The first kappa shape index (κ1) is 14.6. The molecular weight excluding hydrogens is 274 g/mol. The molecule has 1 saturated carbocycles. The highest BCUT2D eigenvalue weighted by Gasteiger charge is 2.32. The van der Waals surface area contributed by atoms with Crippen LogP contribution < -0.4 is 4.74 Å². The second-order valence-electron chi connectivity index (χ2n) is 5.61. The van der Waals surface area contributed by atoms with E-state index < -0.39 is 0 Å². The monoisotopic (exact) mass is 295 g/mol. The van der Waals surface area contributed by atoms with Crippen LogP contribution >= 0.6 is 0 Å². The zero-order valence-electron chi connectivity index (χ0n) is 12.9. The lowest BCUT2D eigenvalue weighted by atomic mass is 10.1. The molecule has 0 spiro atoms. The Balaban J connectivity index is 1.75. The van der Waals surface area contributed by atoms with E-state index in [2.05, 4.69) is 12.1 Å². The number of carbonyl (C=O) groups is 1. The van der Waals surface area contributed by atoms with Crippen LogP contribution in [0.2, 0.25) is 0 Å². The third-order valence-electron chi connectivity index (χ3n) is 3.86. The van der Waals surface area contributed by atoms with Crippen LogP contribution in [0.15, 0.2) is 54.6 Å². The Kier molecular flexibility index (Phi) is 4.42. The van der Waals surface area contributed by atoms with Crippen molar-refractivity contribution in [3.05, 3.63) is 65.7 Å². The molecule has 1 amide bonds. The Morgan fingerprint density at radius 2 is 1.77 bits per heavy atom. The van der Waals surface area contributed by atoms with Crippen LogP contribution in [0.25, 0.3) is 0 Å². The lowest BCUT2D eigenvalue weighted by Gasteiger charge is -2.23. The molecule has 114 valence electrons. The average Bonchev–Trinajstić information content (AvgIpc) is 3.39. The first-order valence-corrected chi connectivity index (χ1v) is 7.85. The van der Waals surface area contributed by atoms with Gasteiger partial charge in [-0.25, -0.2) is 0 Å². The van der Waals surface area contributed by atoms with Gasteiger partial charge in [0.15, 0.2) is 0 Å². The molecule has 1 aliphatic carbocycles. The van der Waals surface area contributed by atoms with Crippen LogP contribution in [0.1, 0.15) is 35.7 Å². The fourth-order valence-corrected chi connectivity index (χ4v) is 2.56. The summed E-state index contributed by atoms with van der Waals surface area (Å²) in [5, 5.41) is 0. The Morgan fingerprint density at radius 3 is 2.36 bits per heavy atom. The quantitative estimate of drug-likeness (QED) is 0.809. The van der Waals surface area contributed by atoms with Crippen LogP contribution in [0.3, 0.4) is 0 Å². The SMILES string of the molecule is CCOc1ccc(C(=O)N(Cc2ccccc2)C2CC2)cc1. The Labute approximate surface area is 131 Å². The molecule has 3 heteroatoms. The number of benzene rings is 2. The van der Waals surface area contributed by atoms with E-state index >= 15 is 0 Å². The zero-order chi connectivity index (χ0) is 15.4. The van der Waals surface area contributed by atoms with E-state index in [1.165, 1.54) is 5.56 Å². The van der Waals surface area contributed by atoms with Crippen LogP contribution in [0.5, 0.6) is 5.75 Å². The van der Waals surface area contributed by atoms with Gasteiger partial charge in [-0.2, -0.15) is 0 Å². The molecule has 0 aromatic heterocycles. The highest BCUT2D eigenvalue weighted by molar-refractivity contribution is 5.94. The molecular formula is C19H21NO2. The number of hydrogen-bond donors (Lipinski definition) is 0. The van der Waals surface area contributed by atoms with Gasteiger partial charge in [0.25, 0.3) is 5.91 Å². The van der Waals surface area contributed by atoms with E-state index in [9.17, 15) is 4.79 Å². The summed E-state index contributed by atoms with van der Waals surface area (Å²) in [4.78, 5) is 14.8. The van der Waals surface area contributed by atoms with E-state index in [0.29, 0.717) is 19.2 Å². The highest BCUT2D eigenvalue weighted by atomic mass is 16.5. The summed E-state index contributed by atoms with van der Waals surface area (Å²) in [7, 11) is 0. The van der Waals surface area contributed by atoms with Crippen molar-refractivity contribution in [2.45, 2.75) is 32.4 Å². The summed E-state index contributed by atoms with van der Waals surface area (Å²) in [5.41, 5.74) is 1.90. The van der Waals surface area contributed by atoms with Crippen molar-refractivity contribution in [1.29, 1.82) is 0 Å². The highest BCUT2D eigenvalue weighted by Crippen LogP contribution is 2.30. The lowest BCUT2D eigenvalue weighted by molar-refractivity contribution is 0.0730. The molecule has 0 atom stereocenters. The molecule has 2 aromatic rings. The summed E-state index contributed by atoms with van der Waals surface area (Å²) in [5.74, 6) is 0.912. The van der Waals surface area contributed by atoms with Gasteiger partial charge in [0.1, 0.15) is 5.75 Å². The maximum Gasteiger partial charge on any atom is 0.254 e. The van der Waals surface area contributed by atoms with Gasteiger partial charge in [-0.3, -0.25) is 4.79 Å². The summed E-state index contributed by atoms with van der Waals surface area (Å²) < 4.78 is 5.43. The first-order chi connectivity index (χ1) is 10.8. The zero-order valence-corrected chi connectivity index (χ0v) is 12.9. The third kappa shape index (κ3) is 3.48. The molecule has 0 N–H and O–H groups in total. The van der Waals surface area contributed by atoms with Crippen molar-refractivity contribution >= 4 is 5.91 Å². The maximum atomic E-state index is 12.8. The molecule has 1 aliphatic rings. The Morgan fingerprint density at radius 1 is 1.09 bits per heavy atom. The van der Waals surface area contributed by atoms with E-state index in [1.54, 1.807) is 0 Å². The minimum atomic E-state index is 0.106. The molecule has 3 rings (SSSR count). The molecule has 0 heterocycles. The van der Waals surface area contributed by atoms with Gasteiger partial charge in [-0.15, -0.1) is 0 Å². The van der Waals surface area contributed by atoms with Crippen molar-refractivity contribution < 1.29 is 9.53 Å².